The maximum Gasteiger partial charge on any atom is 0.319 e. The van der Waals surface area contributed by atoms with Crippen molar-refractivity contribution >= 4 is 29.0 Å². The Kier molecular flexibility index (Phi) is 7.29. The standard InChI is InChI=1S/C27H28F2N4O2/c1-3-32-14-7-15-33(24-11-5-4-10-23(24)32)26(34)19-12-13-20(18(2)16-19)17-30-27(35)31-25-21(28)8-6-9-22(25)29/h4-6,8-13,16H,3,7,14-15,17H2,1-2H3,(H2,30,31,35). The molecule has 1 aliphatic rings. The number of urea groups is 1. The van der Waals surface area contributed by atoms with Gasteiger partial charge in [-0.2, -0.15) is 0 Å². The van der Waals surface area contributed by atoms with Gasteiger partial charge in [0.05, 0.1) is 11.4 Å². The van der Waals surface area contributed by atoms with Gasteiger partial charge < -0.3 is 20.4 Å². The molecule has 3 aromatic carbocycles. The molecule has 0 saturated carbocycles. The largest absolute Gasteiger partial charge is 0.370 e. The van der Waals surface area contributed by atoms with E-state index in [0.29, 0.717) is 12.1 Å². The van der Waals surface area contributed by atoms with Crippen LogP contribution in [0.4, 0.5) is 30.6 Å². The predicted octanol–water partition coefficient (Wildman–Crippen LogP) is 5.47. The summed E-state index contributed by atoms with van der Waals surface area (Å²) in [7, 11) is 0. The Morgan fingerprint density at radius 3 is 2.34 bits per heavy atom. The SMILES string of the molecule is CCN1CCCN(C(=O)c2ccc(CNC(=O)Nc3c(F)cccc3F)c(C)c2)c2ccccc21. The Labute approximate surface area is 203 Å². The highest BCUT2D eigenvalue weighted by atomic mass is 19.1. The van der Waals surface area contributed by atoms with E-state index in [1.165, 1.54) is 6.07 Å². The van der Waals surface area contributed by atoms with Crippen LogP contribution in [0.1, 0.15) is 34.8 Å². The molecule has 6 nitrogen and oxygen atoms in total. The van der Waals surface area contributed by atoms with Gasteiger partial charge in [0.2, 0.25) is 0 Å². The van der Waals surface area contributed by atoms with E-state index in [4.69, 9.17) is 0 Å². The molecule has 0 aromatic heterocycles. The van der Waals surface area contributed by atoms with Crippen LogP contribution in [0.2, 0.25) is 0 Å². The van der Waals surface area contributed by atoms with Crippen molar-refractivity contribution in [3.8, 4) is 0 Å². The summed E-state index contributed by atoms with van der Waals surface area (Å²) in [4.78, 5) is 29.7. The van der Waals surface area contributed by atoms with Crippen LogP contribution in [-0.2, 0) is 6.54 Å². The van der Waals surface area contributed by atoms with Crippen molar-refractivity contribution in [2.24, 2.45) is 0 Å². The van der Waals surface area contributed by atoms with Crippen molar-refractivity contribution in [1.82, 2.24) is 5.32 Å². The van der Waals surface area contributed by atoms with Gasteiger partial charge in [0, 0.05) is 31.7 Å². The van der Waals surface area contributed by atoms with Crippen LogP contribution in [0, 0.1) is 18.6 Å². The molecule has 0 fully saturated rings. The molecule has 1 heterocycles. The Morgan fingerprint density at radius 2 is 1.66 bits per heavy atom. The van der Waals surface area contributed by atoms with Crippen molar-refractivity contribution in [3.63, 3.8) is 0 Å². The summed E-state index contributed by atoms with van der Waals surface area (Å²) >= 11 is 0. The van der Waals surface area contributed by atoms with Crippen molar-refractivity contribution in [2.45, 2.75) is 26.8 Å². The summed E-state index contributed by atoms with van der Waals surface area (Å²) in [6.07, 6.45) is 0.868. The van der Waals surface area contributed by atoms with Crippen molar-refractivity contribution < 1.29 is 18.4 Å². The third-order valence-corrected chi connectivity index (χ3v) is 6.18. The fourth-order valence-electron chi connectivity index (χ4n) is 4.29. The van der Waals surface area contributed by atoms with E-state index in [1.54, 1.807) is 18.2 Å². The second kappa shape index (κ2) is 10.5. The van der Waals surface area contributed by atoms with Crippen LogP contribution in [0.5, 0.6) is 0 Å². The molecule has 0 bridgehead atoms. The molecule has 8 heteroatoms. The zero-order chi connectivity index (χ0) is 24.9. The summed E-state index contributed by atoms with van der Waals surface area (Å²) in [5, 5.41) is 4.80. The number of para-hydroxylation sites is 3. The molecule has 0 radical (unpaired) electrons. The molecule has 182 valence electrons. The van der Waals surface area contributed by atoms with E-state index >= 15 is 0 Å². The Morgan fingerprint density at radius 1 is 0.943 bits per heavy atom. The van der Waals surface area contributed by atoms with Crippen molar-refractivity contribution in [3.05, 3.63) is 89.0 Å². The van der Waals surface area contributed by atoms with Crippen molar-refractivity contribution in [2.75, 3.05) is 34.8 Å². The molecule has 3 aromatic rings. The number of amides is 3. The van der Waals surface area contributed by atoms with Crippen molar-refractivity contribution in [1.29, 1.82) is 0 Å². The van der Waals surface area contributed by atoms with E-state index < -0.39 is 23.4 Å². The van der Waals surface area contributed by atoms with E-state index in [-0.39, 0.29) is 12.5 Å². The van der Waals surface area contributed by atoms with E-state index in [0.717, 1.165) is 54.1 Å². The molecule has 0 aliphatic carbocycles. The van der Waals surface area contributed by atoms with Gasteiger partial charge in [-0.1, -0.05) is 24.3 Å². The number of carbonyl (C=O) groups is 2. The lowest BCUT2D eigenvalue weighted by Crippen LogP contribution is -2.32. The lowest BCUT2D eigenvalue weighted by Gasteiger charge is -2.26. The average molecular weight is 479 g/mol. The number of carbonyl (C=O) groups excluding carboxylic acids is 2. The van der Waals surface area contributed by atoms with E-state index in [9.17, 15) is 18.4 Å². The van der Waals surface area contributed by atoms with Crippen LogP contribution in [0.15, 0.2) is 60.7 Å². The van der Waals surface area contributed by atoms with Crippen LogP contribution < -0.4 is 20.4 Å². The number of aryl methyl sites for hydroxylation is 1. The number of hydrogen-bond donors (Lipinski definition) is 2. The fraction of sp³-hybridized carbons (Fsp3) is 0.259. The molecule has 3 amide bonds. The molecule has 4 rings (SSSR count). The number of nitrogens with one attached hydrogen (secondary N) is 2. The Hall–Kier alpha value is -3.94. The Balaban J connectivity index is 1.46. The highest BCUT2D eigenvalue weighted by Crippen LogP contribution is 2.33. The first-order valence-corrected chi connectivity index (χ1v) is 11.6. The molecule has 0 atom stereocenters. The number of fused-ring (bicyclic) bond motifs is 1. The second-order valence-corrected chi connectivity index (χ2v) is 8.42. The monoisotopic (exact) mass is 478 g/mol. The summed E-state index contributed by atoms with van der Waals surface area (Å²) in [6.45, 7) is 6.49. The minimum absolute atomic E-state index is 0.0780. The second-order valence-electron chi connectivity index (χ2n) is 8.42. The van der Waals surface area contributed by atoms with Gasteiger partial charge in [0.15, 0.2) is 0 Å². The molecular weight excluding hydrogens is 450 g/mol. The smallest absolute Gasteiger partial charge is 0.319 e. The summed E-state index contributed by atoms with van der Waals surface area (Å²) in [5.74, 6) is -1.78. The zero-order valence-electron chi connectivity index (χ0n) is 19.8. The molecule has 35 heavy (non-hydrogen) atoms. The summed E-state index contributed by atoms with van der Waals surface area (Å²) < 4.78 is 27.5. The van der Waals surface area contributed by atoms with E-state index in [1.807, 2.05) is 36.1 Å². The first-order valence-electron chi connectivity index (χ1n) is 11.6. The van der Waals surface area contributed by atoms with Gasteiger partial charge in [0.1, 0.15) is 17.3 Å². The highest BCUT2D eigenvalue weighted by molar-refractivity contribution is 6.08. The third kappa shape index (κ3) is 5.26. The maximum atomic E-state index is 13.8. The quantitative estimate of drug-likeness (QED) is 0.511. The van der Waals surface area contributed by atoms with Crippen LogP contribution in [0.3, 0.4) is 0 Å². The first-order chi connectivity index (χ1) is 16.9. The van der Waals surface area contributed by atoms with Crippen LogP contribution in [-0.4, -0.2) is 31.6 Å². The average Bonchev–Trinajstić information content (AvgIpc) is 3.04. The van der Waals surface area contributed by atoms with Gasteiger partial charge in [0.25, 0.3) is 5.91 Å². The molecule has 2 N–H and O–H groups in total. The molecule has 0 saturated heterocycles. The number of benzene rings is 3. The number of rotatable bonds is 5. The zero-order valence-corrected chi connectivity index (χ0v) is 19.8. The highest BCUT2D eigenvalue weighted by Gasteiger charge is 2.25. The van der Waals surface area contributed by atoms with E-state index in [2.05, 4.69) is 22.5 Å². The Bertz CT molecular complexity index is 1230. The lowest BCUT2D eigenvalue weighted by molar-refractivity contribution is 0.0987. The minimum atomic E-state index is -0.851. The van der Waals surface area contributed by atoms with Crippen LogP contribution in [0.25, 0.3) is 0 Å². The first kappa shape index (κ1) is 24.2. The summed E-state index contributed by atoms with van der Waals surface area (Å²) in [6, 6.07) is 15.9. The fourth-order valence-corrected chi connectivity index (χ4v) is 4.29. The predicted molar refractivity (Wildman–Crippen MR) is 134 cm³/mol. The molecule has 0 unspecified atom stereocenters. The number of hydrogen-bond acceptors (Lipinski definition) is 3. The van der Waals surface area contributed by atoms with Gasteiger partial charge in [-0.15, -0.1) is 0 Å². The molecular formula is C27H28F2N4O2. The minimum Gasteiger partial charge on any atom is -0.370 e. The maximum absolute atomic E-state index is 13.8. The topological polar surface area (TPSA) is 64.7 Å². The number of anilines is 3. The number of nitrogens with zero attached hydrogens (tertiary/aromatic N) is 2. The van der Waals surface area contributed by atoms with Gasteiger partial charge in [-0.25, -0.2) is 13.6 Å². The normalized spacial score (nSPS) is 13.1. The van der Waals surface area contributed by atoms with Gasteiger partial charge in [-0.3, -0.25) is 4.79 Å². The molecule has 1 aliphatic heterocycles. The lowest BCUT2D eigenvalue weighted by atomic mass is 10.0. The third-order valence-electron chi connectivity index (χ3n) is 6.18. The number of halogens is 2. The summed E-state index contributed by atoms with van der Waals surface area (Å²) in [5.41, 5.74) is 3.63. The molecule has 0 spiro atoms. The van der Waals surface area contributed by atoms with Gasteiger partial charge >= 0.3 is 6.03 Å². The van der Waals surface area contributed by atoms with Crippen LogP contribution >= 0.6 is 0 Å². The van der Waals surface area contributed by atoms with Gasteiger partial charge in [-0.05, 0) is 67.8 Å².